The van der Waals surface area contributed by atoms with E-state index in [2.05, 4.69) is 31.1 Å². The Morgan fingerprint density at radius 1 is 1.12 bits per heavy atom. The maximum Gasteiger partial charge on any atom is 0.245 e. The van der Waals surface area contributed by atoms with Gasteiger partial charge in [-0.15, -0.1) is 0 Å². The van der Waals surface area contributed by atoms with Gasteiger partial charge >= 0.3 is 0 Å². The highest BCUT2D eigenvalue weighted by molar-refractivity contribution is 5.88. The Bertz CT molecular complexity index is 593. The van der Waals surface area contributed by atoms with Crippen molar-refractivity contribution in [3.8, 4) is 5.75 Å². The van der Waals surface area contributed by atoms with Crippen LogP contribution in [-0.2, 0) is 16.0 Å². The van der Waals surface area contributed by atoms with Gasteiger partial charge in [-0.2, -0.15) is 0 Å². The van der Waals surface area contributed by atoms with Gasteiger partial charge in [0.25, 0.3) is 0 Å². The second-order valence-corrected chi connectivity index (χ2v) is 7.40. The van der Waals surface area contributed by atoms with E-state index in [4.69, 9.17) is 4.74 Å². The fourth-order valence-electron chi connectivity index (χ4n) is 3.11. The molecule has 0 aliphatic carbocycles. The summed E-state index contributed by atoms with van der Waals surface area (Å²) >= 11 is 0. The summed E-state index contributed by atoms with van der Waals surface area (Å²) in [4.78, 5) is 29.5. The van der Waals surface area contributed by atoms with Gasteiger partial charge in [0.1, 0.15) is 11.8 Å². The zero-order chi connectivity index (χ0) is 19.1. The standard InChI is InChI=1S/C20H31N3O3/c1-15(2)13-18(20(25)23-11-9-22(3)10-12-23)21-19(24)14-16-5-7-17(26-4)8-6-16/h5-8,15,18H,9-14H2,1-4H3,(H,21,24)/t18-/m1/s1. The third-order valence-electron chi connectivity index (χ3n) is 4.68. The summed E-state index contributed by atoms with van der Waals surface area (Å²) in [6, 6.07) is 6.97. The van der Waals surface area contributed by atoms with Crippen LogP contribution in [0.2, 0.25) is 0 Å². The molecule has 2 rings (SSSR count). The molecule has 1 aliphatic heterocycles. The lowest BCUT2D eigenvalue weighted by molar-refractivity contribution is -0.138. The number of carbonyl (C=O) groups is 2. The second-order valence-electron chi connectivity index (χ2n) is 7.40. The predicted octanol–water partition coefficient (Wildman–Crippen LogP) is 1.54. The maximum atomic E-state index is 12.9. The van der Waals surface area contributed by atoms with Crippen LogP contribution in [0.1, 0.15) is 25.8 Å². The largest absolute Gasteiger partial charge is 0.497 e. The lowest BCUT2D eigenvalue weighted by atomic mass is 10.0. The molecular formula is C20H31N3O3. The van der Waals surface area contributed by atoms with Gasteiger partial charge < -0.3 is 19.9 Å². The summed E-state index contributed by atoms with van der Waals surface area (Å²) < 4.78 is 5.13. The molecule has 0 saturated carbocycles. The van der Waals surface area contributed by atoms with Crippen LogP contribution in [0.5, 0.6) is 5.75 Å². The highest BCUT2D eigenvalue weighted by Gasteiger charge is 2.28. The van der Waals surface area contributed by atoms with Crippen molar-refractivity contribution in [1.82, 2.24) is 15.1 Å². The minimum absolute atomic E-state index is 0.0369. The average molecular weight is 361 g/mol. The van der Waals surface area contributed by atoms with Crippen LogP contribution < -0.4 is 10.1 Å². The minimum atomic E-state index is -0.454. The van der Waals surface area contributed by atoms with Crippen molar-refractivity contribution in [3.63, 3.8) is 0 Å². The number of hydrogen-bond donors (Lipinski definition) is 1. The molecule has 1 fully saturated rings. The molecule has 1 aromatic carbocycles. The molecule has 1 heterocycles. The van der Waals surface area contributed by atoms with Crippen LogP contribution in [0.25, 0.3) is 0 Å². The topological polar surface area (TPSA) is 61.9 Å². The predicted molar refractivity (Wildman–Crippen MR) is 102 cm³/mol. The van der Waals surface area contributed by atoms with Crippen molar-refractivity contribution in [2.24, 2.45) is 5.92 Å². The number of likely N-dealkylation sites (N-methyl/N-ethyl adjacent to an activating group) is 1. The van der Waals surface area contributed by atoms with Gasteiger partial charge in [0, 0.05) is 26.2 Å². The van der Waals surface area contributed by atoms with E-state index < -0.39 is 6.04 Å². The number of ether oxygens (including phenoxy) is 1. The highest BCUT2D eigenvalue weighted by Crippen LogP contribution is 2.13. The first-order valence-corrected chi connectivity index (χ1v) is 9.28. The first-order valence-electron chi connectivity index (χ1n) is 9.28. The Labute approximate surface area is 156 Å². The van der Waals surface area contributed by atoms with Crippen LogP contribution >= 0.6 is 0 Å². The van der Waals surface area contributed by atoms with E-state index in [1.54, 1.807) is 7.11 Å². The summed E-state index contributed by atoms with van der Waals surface area (Å²) in [6.45, 7) is 7.33. The van der Waals surface area contributed by atoms with E-state index in [0.717, 1.165) is 37.5 Å². The van der Waals surface area contributed by atoms with E-state index in [0.29, 0.717) is 12.3 Å². The Morgan fingerprint density at radius 2 is 1.73 bits per heavy atom. The molecule has 6 heteroatoms. The van der Waals surface area contributed by atoms with Gasteiger partial charge in [0.05, 0.1) is 13.5 Å². The average Bonchev–Trinajstić information content (AvgIpc) is 2.61. The number of nitrogens with one attached hydrogen (secondary N) is 1. The van der Waals surface area contributed by atoms with Crippen LogP contribution in [0.3, 0.4) is 0 Å². The van der Waals surface area contributed by atoms with Crippen molar-refractivity contribution in [2.45, 2.75) is 32.7 Å². The van der Waals surface area contributed by atoms with Crippen molar-refractivity contribution < 1.29 is 14.3 Å². The minimum Gasteiger partial charge on any atom is -0.497 e. The van der Waals surface area contributed by atoms with E-state index in [9.17, 15) is 9.59 Å². The zero-order valence-corrected chi connectivity index (χ0v) is 16.3. The van der Waals surface area contributed by atoms with Gasteiger partial charge in [-0.3, -0.25) is 9.59 Å². The fraction of sp³-hybridized carbons (Fsp3) is 0.600. The Hall–Kier alpha value is -2.08. The van der Waals surface area contributed by atoms with Gasteiger partial charge in [-0.05, 0) is 37.1 Å². The van der Waals surface area contributed by atoms with Crippen LogP contribution in [0.15, 0.2) is 24.3 Å². The first kappa shape index (κ1) is 20.2. The quantitative estimate of drug-likeness (QED) is 0.800. The van der Waals surface area contributed by atoms with Crippen LogP contribution in [0, 0.1) is 5.92 Å². The lowest BCUT2D eigenvalue weighted by Gasteiger charge is -2.35. The molecule has 1 atom stereocenters. The van der Waals surface area contributed by atoms with Crippen LogP contribution in [0.4, 0.5) is 0 Å². The maximum absolute atomic E-state index is 12.9. The molecular weight excluding hydrogens is 330 g/mol. The smallest absolute Gasteiger partial charge is 0.245 e. The lowest BCUT2D eigenvalue weighted by Crippen LogP contribution is -2.54. The molecule has 144 valence electrons. The van der Waals surface area contributed by atoms with Crippen LogP contribution in [-0.4, -0.2) is 68.0 Å². The van der Waals surface area contributed by atoms with Crippen molar-refractivity contribution in [2.75, 3.05) is 40.3 Å². The molecule has 1 aliphatic rings. The zero-order valence-electron chi connectivity index (χ0n) is 16.3. The third-order valence-corrected chi connectivity index (χ3v) is 4.68. The number of nitrogens with zero attached hydrogens (tertiary/aromatic N) is 2. The molecule has 1 N–H and O–H groups in total. The van der Waals surface area contributed by atoms with Crippen molar-refractivity contribution in [1.29, 1.82) is 0 Å². The summed E-state index contributed by atoms with van der Waals surface area (Å²) in [5.41, 5.74) is 0.902. The molecule has 0 spiro atoms. The number of benzene rings is 1. The third kappa shape index (κ3) is 6.02. The number of methoxy groups -OCH3 is 1. The Balaban J connectivity index is 1.96. The second kappa shape index (κ2) is 9.57. The Morgan fingerprint density at radius 3 is 2.27 bits per heavy atom. The SMILES string of the molecule is COc1ccc(CC(=O)N[C@H](CC(C)C)C(=O)N2CCN(C)CC2)cc1. The molecule has 0 aromatic heterocycles. The normalized spacial score (nSPS) is 16.4. The Kier molecular flexibility index (Phi) is 7.45. The molecule has 1 aromatic rings. The molecule has 6 nitrogen and oxygen atoms in total. The summed E-state index contributed by atoms with van der Waals surface area (Å²) in [5, 5.41) is 2.96. The van der Waals surface area contributed by atoms with Gasteiger partial charge in [-0.25, -0.2) is 0 Å². The molecule has 26 heavy (non-hydrogen) atoms. The van der Waals surface area contributed by atoms with E-state index >= 15 is 0 Å². The number of amides is 2. The van der Waals surface area contributed by atoms with Gasteiger partial charge in [0.2, 0.25) is 11.8 Å². The fourth-order valence-corrected chi connectivity index (χ4v) is 3.11. The summed E-state index contributed by atoms with van der Waals surface area (Å²) in [5.74, 6) is 1.01. The summed E-state index contributed by atoms with van der Waals surface area (Å²) in [7, 11) is 3.67. The van der Waals surface area contributed by atoms with E-state index in [1.165, 1.54) is 0 Å². The van der Waals surface area contributed by atoms with E-state index in [1.807, 2.05) is 29.2 Å². The van der Waals surface area contributed by atoms with Crippen molar-refractivity contribution >= 4 is 11.8 Å². The molecule has 0 radical (unpaired) electrons. The molecule has 0 unspecified atom stereocenters. The van der Waals surface area contributed by atoms with Crippen molar-refractivity contribution in [3.05, 3.63) is 29.8 Å². The number of hydrogen-bond acceptors (Lipinski definition) is 4. The number of carbonyl (C=O) groups excluding carboxylic acids is 2. The molecule has 1 saturated heterocycles. The molecule has 0 bridgehead atoms. The number of piperazine rings is 1. The highest BCUT2D eigenvalue weighted by atomic mass is 16.5. The van der Waals surface area contributed by atoms with Gasteiger partial charge in [-0.1, -0.05) is 26.0 Å². The monoisotopic (exact) mass is 361 g/mol. The first-order chi connectivity index (χ1) is 12.4. The number of rotatable bonds is 7. The van der Waals surface area contributed by atoms with Gasteiger partial charge in [0.15, 0.2) is 0 Å². The van der Waals surface area contributed by atoms with E-state index in [-0.39, 0.29) is 18.2 Å². The summed E-state index contributed by atoms with van der Waals surface area (Å²) in [6.07, 6.45) is 0.911. The molecule has 2 amide bonds.